The van der Waals surface area contributed by atoms with Crippen LogP contribution in [0.4, 0.5) is 5.82 Å². The molecule has 29 heavy (non-hydrogen) atoms. The number of carbonyl (C=O) groups excluding carboxylic acids is 1. The molecule has 0 saturated carbocycles. The van der Waals surface area contributed by atoms with Crippen LogP contribution >= 0.6 is 11.6 Å². The van der Waals surface area contributed by atoms with E-state index in [-0.39, 0.29) is 11.9 Å². The number of anilines is 1. The number of aryl methyl sites for hydroxylation is 4. The predicted molar refractivity (Wildman–Crippen MR) is 115 cm³/mol. The van der Waals surface area contributed by atoms with E-state index in [0.717, 1.165) is 41.9 Å². The number of hydrogen-bond acceptors (Lipinski definition) is 3. The lowest BCUT2D eigenvalue weighted by molar-refractivity contribution is -0.111. The van der Waals surface area contributed by atoms with E-state index in [2.05, 4.69) is 39.8 Å². The minimum absolute atomic E-state index is 0.128. The van der Waals surface area contributed by atoms with Gasteiger partial charge in [-0.05, 0) is 50.3 Å². The van der Waals surface area contributed by atoms with Gasteiger partial charge in [-0.15, -0.1) is 0 Å². The lowest BCUT2D eigenvalue weighted by Crippen LogP contribution is -2.22. The van der Waals surface area contributed by atoms with Crippen molar-refractivity contribution in [1.29, 1.82) is 0 Å². The summed E-state index contributed by atoms with van der Waals surface area (Å²) in [6.45, 7) is 3.82. The van der Waals surface area contributed by atoms with Gasteiger partial charge in [0.15, 0.2) is 0 Å². The Bertz CT molecular complexity index is 1090. The Labute approximate surface area is 175 Å². The number of aromatic nitrogens is 4. The van der Waals surface area contributed by atoms with E-state index < -0.39 is 0 Å². The molecule has 1 aliphatic rings. The Balaban J connectivity index is 1.59. The number of hydrogen-bond donors (Lipinski definition) is 1. The minimum atomic E-state index is -0.224. The van der Waals surface area contributed by atoms with Gasteiger partial charge in [0.2, 0.25) is 5.91 Å². The quantitative estimate of drug-likeness (QED) is 0.647. The number of carbonyl (C=O) groups is 1. The van der Waals surface area contributed by atoms with Gasteiger partial charge in [-0.25, -0.2) is 4.68 Å². The van der Waals surface area contributed by atoms with Crippen LogP contribution in [0.2, 0.25) is 5.15 Å². The van der Waals surface area contributed by atoms with E-state index in [1.54, 1.807) is 24.0 Å². The molecule has 1 unspecified atom stereocenters. The van der Waals surface area contributed by atoms with Crippen LogP contribution in [0, 0.1) is 13.8 Å². The van der Waals surface area contributed by atoms with Crippen molar-refractivity contribution in [3.8, 4) is 0 Å². The Morgan fingerprint density at radius 3 is 2.86 bits per heavy atom. The van der Waals surface area contributed by atoms with Crippen molar-refractivity contribution in [2.24, 2.45) is 7.05 Å². The lowest BCUT2D eigenvalue weighted by Gasteiger charge is -2.27. The van der Waals surface area contributed by atoms with E-state index in [1.807, 2.05) is 18.5 Å². The fourth-order valence-electron chi connectivity index (χ4n) is 3.98. The summed E-state index contributed by atoms with van der Waals surface area (Å²) < 4.78 is 3.54. The van der Waals surface area contributed by atoms with E-state index in [4.69, 9.17) is 11.6 Å². The van der Waals surface area contributed by atoms with Crippen LogP contribution in [-0.4, -0.2) is 25.5 Å². The molecule has 6 nitrogen and oxygen atoms in total. The van der Waals surface area contributed by atoms with Crippen molar-refractivity contribution < 1.29 is 4.79 Å². The summed E-state index contributed by atoms with van der Waals surface area (Å²) in [5, 5.41) is 12.4. The average Bonchev–Trinajstić information content (AvgIpc) is 3.18. The summed E-state index contributed by atoms with van der Waals surface area (Å²) in [4.78, 5) is 12.6. The summed E-state index contributed by atoms with van der Waals surface area (Å²) >= 11 is 6.24. The molecule has 1 amide bonds. The summed E-state index contributed by atoms with van der Waals surface area (Å²) in [5.41, 5.74) is 5.10. The highest BCUT2D eigenvalue weighted by Gasteiger charge is 2.25. The van der Waals surface area contributed by atoms with E-state index in [9.17, 15) is 4.79 Å². The molecule has 0 saturated heterocycles. The van der Waals surface area contributed by atoms with E-state index in [0.29, 0.717) is 5.15 Å². The highest BCUT2D eigenvalue weighted by atomic mass is 35.5. The molecular formula is C22H24ClN5O. The molecule has 0 radical (unpaired) electrons. The summed E-state index contributed by atoms with van der Waals surface area (Å²) in [5.74, 6) is 0.508. The monoisotopic (exact) mass is 409 g/mol. The molecule has 2 heterocycles. The number of benzene rings is 1. The maximum absolute atomic E-state index is 12.6. The van der Waals surface area contributed by atoms with Gasteiger partial charge >= 0.3 is 0 Å². The Morgan fingerprint density at radius 1 is 1.31 bits per heavy atom. The van der Waals surface area contributed by atoms with Gasteiger partial charge < -0.3 is 5.32 Å². The van der Waals surface area contributed by atoms with Crippen LogP contribution in [0.3, 0.4) is 0 Å². The minimum Gasteiger partial charge on any atom is -0.307 e. The third kappa shape index (κ3) is 3.72. The van der Waals surface area contributed by atoms with Crippen molar-refractivity contribution in [1.82, 2.24) is 19.6 Å². The van der Waals surface area contributed by atoms with Crippen LogP contribution < -0.4 is 5.32 Å². The molecule has 1 N–H and O–H groups in total. The molecule has 0 fully saturated rings. The van der Waals surface area contributed by atoms with E-state index in [1.165, 1.54) is 17.2 Å². The number of fused-ring (bicyclic) bond motifs is 1. The second-order valence-corrected chi connectivity index (χ2v) is 7.82. The summed E-state index contributed by atoms with van der Waals surface area (Å²) in [6.07, 6.45) is 8.18. The van der Waals surface area contributed by atoms with Crippen molar-refractivity contribution in [3.05, 3.63) is 69.6 Å². The zero-order valence-electron chi connectivity index (χ0n) is 16.8. The first-order valence-electron chi connectivity index (χ1n) is 9.75. The average molecular weight is 410 g/mol. The van der Waals surface area contributed by atoms with Crippen molar-refractivity contribution in [3.63, 3.8) is 0 Å². The number of rotatable bonds is 4. The van der Waals surface area contributed by atoms with Gasteiger partial charge in [-0.2, -0.15) is 10.2 Å². The van der Waals surface area contributed by atoms with Gasteiger partial charge in [0, 0.05) is 24.3 Å². The maximum atomic E-state index is 12.6. The van der Waals surface area contributed by atoms with Crippen LogP contribution in [0.15, 0.2) is 36.5 Å². The van der Waals surface area contributed by atoms with Crippen LogP contribution in [0.25, 0.3) is 6.08 Å². The molecule has 1 aliphatic carbocycles. The first-order valence-corrected chi connectivity index (χ1v) is 10.1. The van der Waals surface area contributed by atoms with Crippen molar-refractivity contribution >= 4 is 29.4 Å². The van der Waals surface area contributed by atoms with Gasteiger partial charge in [-0.3, -0.25) is 9.48 Å². The molecule has 0 spiro atoms. The van der Waals surface area contributed by atoms with Gasteiger partial charge in [-0.1, -0.05) is 35.9 Å². The Morgan fingerprint density at radius 2 is 2.10 bits per heavy atom. The molecule has 0 bridgehead atoms. The second-order valence-electron chi connectivity index (χ2n) is 7.46. The zero-order chi connectivity index (χ0) is 20.5. The van der Waals surface area contributed by atoms with Crippen molar-refractivity contribution in [2.45, 2.75) is 39.2 Å². The second kappa shape index (κ2) is 7.87. The molecule has 150 valence electrons. The molecule has 2 aromatic heterocycles. The standard InChI is InChI=1S/C22H24ClN5O/c1-14-13-24-28(19-10-6-8-16-7-4-5-9-18(16)19)22(14)25-20(29)12-11-17-15(2)26-27(3)21(17)23/h4-5,7,9,11-13,19H,6,8,10H2,1-3H3,(H,25,29)/b12-11+. The summed E-state index contributed by atoms with van der Waals surface area (Å²) in [6, 6.07) is 8.61. The topological polar surface area (TPSA) is 64.7 Å². The molecular weight excluding hydrogens is 386 g/mol. The number of nitrogens with one attached hydrogen (secondary N) is 1. The molecule has 3 aromatic rings. The first-order chi connectivity index (χ1) is 14.0. The normalized spacial score (nSPS) is 16.2. The van der Waals surface area contributed by atoms with E-state index >= 15 is 0 Å². The SMILES string of the molecule is Cc1cnn(C2CCCc3ccccc32)c1NC(=O)/C=C/c1c(C)nn(C)c1Cl. The maximum Gasteiger partial charge on any atom is 0.249 e. The smallest absolute Gasteiger partial charge is 0.249 e. The highest BCUT2D eigenvalue weighted by Crippen LogP contribution is 2.35. The third-order valence-electron chi connectivity index (χ3n) is 5.45. The fourth-order valence-corrected chi connectivity index (χ4v) is 4.21. The molecule has 1 atom stereocenters. The van der Waals surface area contributed by atoms with Crippen LogP contribution in [0.5, 0.6) is 0 Å². The van der Waals surface area contributed by atoms with Gasteiger partial charge in [0.25, 0.3) is 0 Å². The molecule has 1 aromatic carbocycles. The highest BCUT2D eigenvalue weighted by molar-refractivity contribution is 6.31. The molecule has 0 aliphatic heterocycles. The van der Waals surface area contributed by atoms with Crippen LogP contribution in [0.1, 0.15) is 46.8 Å². The number of halogens is 1. The van der Waals surface area contributed by atoms with Crippen molar-refractivity contribution in [2.75, 3.05) is 5.32 Å². The lowest BCUT2D eigenvalue weighted by atomic mass is 9.88. The number of amides is 1. The van der Waals surface area contributed by atoms with Gasteiger partial charge in [0.05, 0.1) is 17.9 Å². The van der Waals surface area contributed by atoms with Gasteiger partial charge in [0.1, 0.15) is 11.0 Å². The zero-order valence-corrected chi connectivity index (χ0v) is 17.6. The summed E-state index contributed by atoms with van der Waals surface area (Å²) in [7, 11) is 1.77. The third-order valence-corrected chi connectivity index (χ3v) is 5.90. The molecule has 4 rings (SSSR count). The Hall–Kier alpha value is -2.86. The fraction of sp³-hybridized carbons (Fsp3) is 0.318. The number of nitrogens with zero attached hydrogens (tertiary/aromatic N) is 4. The largest absolute Gasteiger partial charge is 0.307 e. The Kier molecular flexibility index (Phi) is 5.28. The predicted octanol–water partition coefficient (Wildman–Crippen LogP) is 4.46. The molecule has 7 heteroatoms. The van der Waals surface area contributed by atoms with Crippen LogP contribution in [-0.2, 0) is 18.3 Å². The first kappa shape index (κ1) is 19.5.